The first-order valence-electron chi connectivity index (χ1n) is 5.51. The number of aliphatic carboxylic acids is 1. The number of carboxylic acids is 1. The van der Waals surface area contributed by atoms with Gasteiger partial charge in [0.2, 0.25) is 0 Å². The third kappa shape index (κ3) is 4.84. The first-order chi connectivity index (χ1) is 9.34. The third-order valence-corrected chi connectivity index (χ3v) is 2.17. The van der Waals surface area contributed by atoms with Crippen LogP contribution >= 0.6 is 0 Å². The molecule has 2 heterocycles. The quantitative estimate of drug-likeness (QED) is 0.862. The van der Waals surface area contributed by atoms with Crippen LogP contribution in [-0.2, 0) is 4.79 Å². The Morgan fingerprint density at radius 3 is 2.60 bits per heavy atom. The summed E-state index contributed by atoms with van der Waals surface area (Å²) in [6.45, 7) is 5.39. The lowest BCUT2D eigenvalue weighted by Gasteiger charge is -2.09. The normalized spacial score (nSPS) is 14.8. The fourth-order valence-electron chi connectivity index (χ4n) is 1.25. The van der Waals surface area contributed by atoms with Gasteiger partial charge in [0.25, 0.3) is 5.89 Å². The highest BCUT2D eigenvalue weighted by Crippen LogP contribution is 2.14. The van der Waals surface area contributed by atoms with Crippen molar-refractivity contribution in [2.75, 3.05) is 13.1 Å². The molecule has 1 aromatic heterocycles. The van der Waals surface area contributed by atoms with Gasteiger partial charge >= 0.3 is 12.1 Å². The van der Waals surface area contributed by atoms with E-state index in [4.69, 9.17) is 14.4 Å². The number of hydrogen-bond acceptors (Lipinski definition) is 5. The fourth-order valence-corrected chi connectivity index (χ4v) is 1.25. The van der Waals surface area contributed by atoms with Gasteiger partial charge in [0.05, 0.1) is 0 Å². The van der Waals surface area contributed by atoms with E-state index in [1.165, 1.54) is 0 Å². The Balaban J connectivity index is 0.000000246. The lowest BCUT2D eigenvalue weighted by Crippen LogP contribution is -2.21. The molecule has 0 aliphatic carbocycles. The maximum absolute atomic E-state index is 10.6. The van der Waals surface area contributed by atoms with Gasteiger partial charge < -0.3 is 14.9 Å². The van der Waals surface area contributed by atoms with Crippen LogP contribution in [0.25, 0.3) is 11.6 Å². The van der Waals surface area contributed by atoms with Gasteiger partial charge in [-0.05, 0) is 19.0 Å². The summed E-state index contributed by atoms with van der Waals surface area (Å²) in [6.07, 6.45) is -0.373. The average Bonchev–Trinajstić information content (AvgIpc) is 2.88. The van der Waals surface area contributed by atoms with Crippen LogP contribution in [0.4, 0.5) is 13.2 Å². The van der Waals surface area contributed by atoms with Crippen LogP contribution in [0.1, 0.15) is 18.1 Å². The van der Waals surface area contributed by atoms with Crippen LogP contribution in [0.15, 0.2) is 17.2 Å². The second kappa shape index (κ2) is 6.85. The molecule has 0 spiro atoms. The van der Waals surface area contributed by atoms with Gasteiger partial charge in [-0.1, -0.05) is 17.8 Å². The number of nitrogens with zero attached hydrogens (tertiary/aromatic N) is 2. The smallest absolute Gasteiger partial charge is 0.475 e. The number of carboxylic acid groups (broad SMARTS) is 1. The van der Waals surface area contributed by atoms with E-state index >= 15 is 0 Å². The highest BCUT2D eigenvalue weighted by molar-refractivity contribution is 5.73. The molecular formula is C11H12F3N3O3. The zero-order valence-corrected chi connectivity index (χ0v) is 10.3. The third-order valence-electron chi connectivity index (χ3n) is 2.17. The van der Waals surface area contributed by atoms with Gasteiger partial charge in [-0.3, -0.25) is 0 Å². The van der Waals surface area contributed by atoms with Crippen molar-refractivity contribution < 1.29 is 27.6 Å². The zero-order chi connectivity index (χ0) is 15.2. The minimum absolute atomic E-state index is 0.543. The minimum Gasteiger partial charge on any atom is -0.475 e. The van der Waals surface area contributed by atoms with Crippen molar-refractivity contribution >= 4 is 17.6 Å². The number of nitrogens with one attached hydrogen (secondary N) is 1. The molecular weight excluding hydrogens is 279 g/mol. The molecule has 1 aliphatic heterocycles. The number of aromatic nitrogens is 2. The molecule has 0 bridgehead atoms. The molecule has 1 aliphatic rings. The molecule has 1 aromatic rings. The summed E-state index contributed by atoms with van der Waals surface area (Å²) < 4.78 is 36.8. The van der Waals surface area contributed by atoms with Gasteiger partial charge in [0.1, 0.15) is 0 Å². The van der Waals surface area contributed by atoms with Gasteiger partial charge in [-0.2, -0.15) is 18.2 Å². The first kappa shape index (κ1) is 15.9. The van der Waals surface area contributed by atoms with Crippen LogP contribution in [0, 0.1) is 0 Å². The summed E-state index contributed by atoms with van der Waals surface area (Å²) in [4.78, 5) is 13.0. The summed E-state index contributed by atoms with van der Waals surface area (Å²) in [7, 11) is 0. The highest BCUT2D eigenvalue weighted by atomic mass is 19.4. The monoisotopic (exact) mass is 291 g/mol. The average molecular weight is 291 g/mol. The van der Waals surface area contributed by atoms with E-state index in [1.807, 2.05) is 0 Å². The predicted molar refractivity (Wildman–Crippen MR) is 63.5 cm³/mol. The Kier molecular flexibility index (Phi) is 5.44. The summed E-state index contributed by atoms with van der Waals surface area (Å²) in [6, 6.07) is 0. The van der Waals surface area contributed by atoms with E-state index in [2.05, 4.69) is 28.1 Å². The topological polar surface area (TPSA) is 88.3 Å². The number of carbonyl (C=O) groups is 1. The molecule has 0 unspecified atom stereocenters. The Morgan fingerprint density at radius 2 is 2.20 bits per heavy atom. The molecule has 20 heavy (non-hydrogen) atoms. The van der Waals surface area contributed by atoms with Crippen LogP contribution in [0.5, 0.6) is 0 Å². The summed E-state index contributed by atoms with van der Waals surface area (Å²) in [5, 5.41) is 14.1. The first-order valence-corrected chi connectivity index (χ1v) is 5.51. The van der Waals surface area contributed by atoms with Crippen molar-refractivity contribution in [3.05, 3.63) is 24.4 Å². The number of alkyl halides is 3. The van der Waals surface area contributed by atoms with Crippen LogP contribution in [0.2, 0.25) is 0 Å². The van der Waals surface area contributed by atoms with Crippen molar-refractivity contribution in [3.8, 4) is 0 Å². The van der Waals surface area contributed by atoms with Crippen molar-refractivity contribution in [1.29, 1.82) is 0 Å². The van der Waals surface area contributed by atoms with Gasteiger partial charge in [-0.25, -0.2) is 4.79 Å². The Morgan fingerprint density at radius 1 is 1.55 bits per heavy atom. The molecule has 0 saturated carbocycles. The maximum atomic E-state index is 10.6. The van der Waals surface area contributed by atoms with E-state index in [1.54, 1.807) is 6.08 Å². The van der Waals surface area contributed by atoms with Gasteiger partial charge in [0, 0.05) is 12.1 Å². The summed E-state index contributed by atoms with van der Waals surface area (Å²) in [5.41, 5.74) is 1.08. The Labute approximate surface area is 112 Å². The summed E-state index contributed by atoms with van der Waals surface area (Å²) in [5.74, 6) is -1.61. The van der Waals surface area contributed by atoms with Gasteiger partial charge in [0.15, 0.2) is 5.82 Å². The van der Waals surface area contributed by atoms with E-state index in [0.29, 0.717) is 11.7 Å². The fraction of sp³-hybridized carbons (Fsp3) is 0.364. The molecule has 9 heteroatoms. The molecule has 0 aromatic carbocycles. The molecule has 2 rings (SSSR count). The number of rotatable bonds is 2. The number of halogens is 3. The molecule has 0 amide bonds. The van der Waals surface area contributed by atoms with Crippen LogP contribution in [0.3, 0.4) is 0 Å². The lowest BCUT2D eigenvalue weighted by molar-refractivity contribution is -0.192. The molecule has 0 radical (unpaired) electrons. The Hall–Kier alpha value is -2.16. The van der Waals surface area contributed by atoms with Crippen LogP contribution in [-0.4, -0.2) is 40.5 Å². The van der Waals surface area contributed by atoms with E-state index < -0.39 is 12.1 Å². The second-order valence-corrected chi connectivity index (χ2v) is 3.66. The largest absolute Gasteiger partial charge is 0.490 e. The van der Waals surface area contributed by atoms with Gasteiger partial charge in [-0.15, -0.1) is 0 Å². The Bertz CT molecular complexity index is 509. The zero-order valence-electron chi connectivity index (χ0n) is 10.3. The summed E-state index contributed by atoms with van der Waals surface area (Å²) >= 11 is 0. The van der Waals surface area contributed by atoms with E-state index in [-0.39, 0.29) is 0 Å². The van der Waals surface area contributed by atoms with E-state index in [0.717, 1.165) is 25.1 Å². The lowest BCUT2D eigenvalue weighted by atomic mass is 10.1. The van der Waals surface area contributed by atoms with E-state index in [9.17, 15) is 13.2 Å². The SMILES string of the molecule is C=Cc1noc(C2=CCCNC2)n1.O=C(O)C(F)(F)F. The van der Waals surface area contributed by atoms with Crippen molar-refractivity contribution in [3.63, 3.8) is 0 Å². The molecule has 0 saturated heterocycles. The minimum atomic E-state index is -5.08. The van der Waals surface area contributed by atoms with Crippen molar-refractivity contribution in [1.82, 2.24) is 15.5 Å². The standard InChI is InChI=1S/C9H11N3O.C2HF3O2/c1-2-8-11-9(13-12-8)7-4-3-5-10-6-7;3-2(4,5)1(6)7/h2,4,10H,1,3,5-6H2;(H,6,7). The predicted octanol–water partition coefficient (Wildman–Crippen LogP) is 1.72. The second-order valence-electron chi connectivity index (χ2n) is 3.66. The molecule has 0 atom stereocenters. The molecule has 2 N–H and O–H groups in total. The molecule has 110 valence electrons. The number of hydrogen-bond donors (Lipinski definition) is 2. The molecule has 0 fully saturated rings. The highest BCUT2D eigenvalue weighted by Gasteiger charge is 2.38. The van der Waals surface area contributed by atoms with Crippen LogP contribution < -0.4 is 5.32 Å². The van der Waals surface area contributed by atoms with Crippen molar-refractivity contribution in [2.24, 2.45) is 0 Å². The van der Waals surface area contributed by atoms with Crippen molar-refractivity contribution in [2.45, 2.75) is 12.6 Å². The molecule has 6 nitrogen and oxygen atoms in total. The maximum Gasteiger partial charge on any atom is 0.490 e.